The molecular weight excluding hydrogens is 384 g/mol. The lowest BCUT2D eigenvalue weighted by atomic mass is 9.60. The van der Waals surface area contributed by atoms with Gasteiger partial charge in [-0.3, -0.25) is 4.90 Å². The average Bonchev–Trinajstić information content (AvgIpc) is 3.19. The molecule has 31 heavy (non-hydrogen) atoms. The number of hydrogen-bond donors (Lipinski definition) is 1. The average molecular weight is 411 g/mol. The molecule has 3 heterocycles. The summed E-state index contributed by atoms with van der Waals surface area (Å²) in [6.45, 7) is 5.43. The van der Waals surface area contributed by atoms with Crippen molar-refractivity contribution in [1.82, 2.24) is 24.6 Å². The zero-order chi connectivity index (χ0) is 20.8. The second-order valence-electron chi connectivity index (χ2n) is 9.27. The van der Waals surface area contributed by atoms with Crippen LogP contribution in [0.5, 0.6) is 0 Å². The fourth-order valence-corrected chi connectivity index (χ4v) is 5.28. The van der Waals surface area contributed by atoms with Crippen LogP contribution in [-0.2, 0) is 6.54 Å². The molecule has 2 aromatic carbocycles. The van der Waals surface area contributed by atoms with Crippen molar-refractivity contribution in [2.75, 3.05) is 18.4 Å². The van der Waals surface area contributed by atoms with Gasteiger partial charge in [0.2, 0.25) is 0 Å². The monoisotopic (exact) mass is 410 g/mol. The molecule has 156 valence electrons. The van der Waals surface area contributed by atoms with Crippen LogP contribution in [0.1, 0.15) is 24.0 Å². The first-order chi connectivity index (χ1) is 15.2. The van der Waals surface area contributed by atoms with E-state index in [2.05, 4.69) is 68.7 Å². The molecule has 2 fully saturated rings. The van der Waals surface area contributed by atoms with Crippen molar-refractivity contribution >= 4 is 16.7 Å². The molecule has 1 N–H and O–H groups in total. The van der Waals surface area contributed by atoms with Crippen LogP contribution >= 0.6 is 0 Å². The second kappa shape index (κ2) is 7.17. The molecule has 4 aromatic rings. The highest BCUT2D eigenvalue weighted by atomic mass is 15.3. The van der Waals surface area contributed by atoms with E-state index in [0.717, 1.165) is 29.0 Å². The predicted octanol–water partition coefficient (Wildman–Crippen LogP) is 4.20. The number of nitrogens with one attached hydrogen (secondary N) is 1. The SMILES string of the molecule is Cc1cccc(-n2cc(CN3CC4(CC(Nc5ncnc6ccccc56)C4)C3)cn2)c1. The summed E-state index contributed by atoms with van der Waals surface area (Å²) in [6.07, 6.45) is 8.24. The van der Waals surface area contributed by atoms with Crippen LogP contribution in [0.3, 0.4) is 0 Å². The van der Waals surface area contributed by atoms with Gasteiger partial charge >= 0.3 is 0 Å². The van der Waals surface area contributed by atoms with E-state index < -0.39 is 0 Å². The predicted molar refractivity (Wildman–Crippen MR) is 122 cm³/mol. The van der Waals surface area contributed by atoms with E-state index >= 15 is 0 Å². The van der Waals surface area contributed by atoms with Gasteiger partial charge in [0.1, 0.15) is 12.1 Å². The van der Waals surface area contributed by atoms with E-state index in [9.17, 15) is 0 Å². The minimum Gasteiger partial charge on any atom is -0.367 e. The molecule has 6 rings (SSSR count). The van der Waals surface area contributed by atoms with E-state index in [1.165, 1.54) is 37.1 Å². The van der Waals surface area contributed by atoms with Gasteiger partial charge in [0, 0.05) is 42.8 Å². The third-order valence-electron chi connectivity index (χ3n) is 6.67. The highest BCUT2D eigenvalue weighted by molar-refractivity contribution is 5.88. The first kappa shape index (κ1) is 18.5. The van der Waals surface area contributed by atoms with Gasteiger partial charge in [-0.15, -0.1) is 0 Å². The summed E-state index contributed by atoms with van der Waals surface area (Å²) >= 11 is 0. The van der Waals surface area contributed by atoms with Crippen LogP contribution in [0.2, 0.25) is 0 Å². The second-order valence-corrected chi connectivity index (χ2v) is 9.27. The van der Waals surface area contributed by atoms with Crippen LogP contribution in [0.15, 0.2) is 67.3 Å². The van der Waals surface area contributed by atoms with Gasteiger partial charge in [-0.25, -0.2) is 14.6 Å². The van der Waals surface area contributed by atoms with E-state index in [0.29, 0.717) is 11.5 Å². The first-order valence-corrected chi connectivity index (χ1v) is 11.0. The smallest absolute Gasteiger partial charge is 0.137 e. The first-order valence-electron chi connectivity index (χ1n) is 11.0. The number of anilines is 1. The summed E-state index contributed by atoms with van der Waals surface area (Å²) in [5.41, 5.74) is 5.12. The number of aromatic nitrogens is 4. The van der Waals surface area contributed by atoms with Crippen molar-refractivity contribution in [2.24, 2.45) is 5.41 Å². The molecule has 1 saturated carbocycles. The van der Waals surface area contributed by atoms with Crippen molar-refractivity contribution in [3.05, 3.63) is 78.4 Å². The van der Waals surface area contributed by atoms with Crippen LogP contribution in [-0.4, -0.2) is 43.8 Å². The molecule has 6 nitrogen and oxygen atoms in total. The minimum absolute atomic E-state index is 0.479. The highest BCUT2D eigenvalue weighted by Gasteiger charge is 2.52. The highest BCUT2D eigenvalue weighted by Crippen LogP contribution is 2.49. The Morgan fingerprint density at radius 3 is 2.81 bits per heavy atom. The Bertz CT molecular complexity index is 1230. The maximum Gasteiger partial charge on any atom is 0.137 e. The van der Waals surface area contributed by atoms with E-state index in [-0.39, 0.29) is 0 Å². The third kappa shape index (κ3) is 3.47. The summed E-state index contributed by atoms with van der Waals surface area (Å²) in [7, 11) is 0. The molecule has 0 unspecified atom stereocenters. The lowest BCUT2D eigenvalue weighted by molar-refractivity contribution is -0.0712. The zero-order valence-electron chi connectivity index (χ0n) is 17.7. The number of para-hydroxylation sites is 1. The maximum absolute atomic E-state index is 4.56. The number of nitrogens with zero attached hydrogens (tertiary/aromatic N) is 5. The van der Waals surface area contributed by atoms with Crippen LogP contribution in [0.25, 0.3) is 16.6 Å². The Morgan fingerprint density at radius 2 is 1.94 bits per heavy atom. The molecule has 1 saturated heterocycles. The molecule has 6 heteroatoms. The van der Waals surface area contributed by atoms with Crippen LogP contribution in [0, 0.1) is 12.3 Å². The van der Waals surface area contributed by atoms with Crippen LogP contribution in [0.4, 0.5) is 5.82 Å². The molecule has 1 aliphatic carbocycles. The molecule has 2 aliphatic rings. The Labute approximate surface area is 181 Å². The molecule has 0 bridgehead atoms. The Hall–Kier alpha value is -3.25. The normalized spacial score (nSPS) is 18.1. The molecule has 1 aliphatic heterocycles. The van der Waals surface area contributed by atoms with Gasteiger partial charge in [-0.1, -0.05) is 24.3 Å². The van der Waals surface area contributed by atoms with Crippen molar-refractivity contribution in [1.29, 1.82) is 0 Å². The summed E-state index contributed by atoms with van der Waals surface area (Å²) in [5, 5.41) is 9.32. The molecule has 0 atom stereocenters. The lowest BCUT2D eigenvalue weighted by Crippen LogP contribution is -2.64. The quantitative estimate of drug-likeness (QED) is 0.534. The van der Waals surface area contributed by atoms with E-state index in [1.807, 2.05) is 29.1 Å². The number of fused-ring (bicyclic) bond motifs is 1. The fraction of sp³-hybridized carbons (Fsp3) is 0.320. The summed E-state index contributed by atoms with van der Waals surface area (Å²) in [5.74, 6) is 0.963. The van der Waals surface area contributed by atoms with Crippen LogP contribution < -0.4 is 5.32 Å². The van der Waals surface area contributed by atoms with E-state index in [4.69, 9.17) is 0 Å². The maximum atomic E-state index is 4.56. The zero-order valence-corrected chi connectivity index (χ0v) is 17.7. The Morgan fingerprint density at radius 1 is 1.06 bits per heavy atom. The van der Waals surface area contributed by atoms with Crippen molar-refractivity contribution < 1.29 is 0 Å². The van der Waals surface area contributed by atoms with E-state index in [1.54, 1.807) is 6.33 Å². The molecule has 0 radical (unpaired) electrons. The molecule has 0 amide bonds. The van der Waals surface area contributed by atoms with Gasteiger partial charge in [0.25, 0.3) is 0 Å². The third-order valence-corrected chi connectivity index (χ3v) is 6.67. The number of rotatable bonds is 5. The Kier molecular flexibility index (Phi) is 4.28. The van der Waals surface area contributed by atoms with Crippen molar-refractivity contribution in [3.63, 3.8) is 0 Å². The van der Waals surface area contributed by atoms with Gasteiger partial charge < -0.3 is 5.32 Å². The van der Waals surface area contributed by atoms with Crippen molar-refractivity contribution in [3.8, 4) is 5.69 Å². The number of aryl methyl sites for hydroxylation is 1. The summed E-state index contributed by atoms with van der Waals surface area (Å²) < 4.78 is 1.98. The summed E-state index contributed by atoms with van der Waals surface area (Å²) in [6, 6.07) is 17.2. The molecule has 1 spiro atoms. The van der Waals surface area contributed by atoms with Gasteiger partial charge in [-0.05, 0) is 55.0 Å². The molecule has 2 aromatic heterocycles. The standard InChI is InChI=1S/C25H26N6/c1-18-5-4-6-21(9-18)31-14-19(12-28-31)13-30-15-25(16-30)10-20(11-25)29-24-22-7-2-3-8-23(22)26-17-27-24/h2-9,12,14,17,20H,10-11,13,15-16H2,1H3,(H,26,27,29). The minimum atomic E-state index is 0.479. The van der Waals surface area contributed by atoms with Gasteiger partial charge in [-0.2, -0.15) is 5.10 Å². The lowest BCUT2D eigenvalue weighted by Gasteiger charge is -2.59. The Balaban J connectivity index is 1.03. The topological polar surface area (TPSA) is 58.9 Å². The number of benzene rings is 2. The largest absolute Gasteiger partial charge is 0.367 e. The fourth-order valence-electron chi connectivity index (χ4n) is 5.28. The molecular formula is C25H26N6. The summed E-state index contributed by atoms with van der Waals surface area (Å²) in [4.78, 5) is 11.4. The number of hydrogen-bond acceptors (Lipinski definition) is 5. The van der Waals surface area contributed by atoms with Gasteiger partial charge in [0.05, 0.1) is 17.4 Å². The van der Waals surface area contributed by atoms with Gasteiger partial charge in [0.15, 0.2) is 0 Å². The van der Waals surface area contributed by atoms with Crippen molar-refractivity contribution in [2.45, 2.75) is 32.4 Å². The number of likely N-dealkylation sites (tertiary alicyclic amines) is 1.